The number of hydrogen-bond acceptors (Lipinski definition) is 4. The lowest BCUT2D eigenvalue weighted by atomic mass is 10.1. The third-order valence-electron chi connectivity index (χ3n) is 2.39. The minimum Gasteiger partial charge on any atom is -0.479 e. The Bertz CT molecular complexity index is 409. The molecule has 0 fully saturated rings. The second-order valence-corrected chi connectivity index (χ2v) is 4.17. The van der Waals surface area contributed by atoms with Crippen LogP contribution >= 0.6 is 11.6 Å². The van der Waals surface area contributed by atoms with Crippen molar-refractivity contribution in [3.63, 3.8) is 0 Å². The molecule has 5 heteroatoms. The van der Waals surface area contributed by atoms with Gasteiger partial charge in [-0.15, -0.1) is 0 Å². The van der Waals surface area contributed by atoms with Gasteiger partial charge < -0.3 is 15.2 Å². The fourth-order valence-corrected chi connectivity index (χ4v) is 1.79. The van der Waals surface area contributed by atoms with Crippen LogP contribution in [0.5, 0.6) is 5.75 Å². The van der Waals surface area contributed by atoms with Crippen LogP contribution in [0, 0.1) is 0 Å². The molecule has 0 aliphatic heterocycles. The van der Waals surface area contributed by atoms with E-state index in [1.807, 2.05) is 0 Å². The van der Waals surface area contributed by atoms with Crippen LogP contribution in [0.3, 0.4) is 0 Å². The predicted octanol–water partition coefficient (Wildman–Crippen LogP) is 2.17. The number of carbonyl (C=O) groups excluding carboxylic acids is 1. The predicted molar refractivity (Wildman–Crippen MR) is 70.9 cm³/mol. The molecule has 1 aromatic rings. The maximum atomic E-state index is 11.5. The van der Waals surface area contributed by atoms with E-state index in [1.54, 1.807) is 32.0 Å². The van der Waals surface area contributed by atoms with Crippen LogP contribution in [0.4, 0.5) is 0 Å². The van der Waals surface area contributed by atoms with Crippen LogP contribution in [-0.2, 0) is 16.0 Å². The first-order valence-corrected chi connectivity index (χ1v) is 6.28. The van der Waals surface area contributed by atoms with Crippen molar-refractivity contribution in [3.8, 4) is 5.75 Å². The fourth-order valence-electron chi connectivity index (χ4n) is 1.53. The molecule has 0 aromatic heterocycles. The quantitative estimate of drug-likeness (QED) is 0.806. The van der Waals surface area contributed by atoms with Gasteiger partial charge in [0.05, 0.1) is 6.61 Å². The number of benzene rings is 1. The van der Waals surface area contributed by atoms with Crippen LogP contribution in [0.1, 0.15) is 19.4 Å². The Morgan fingerprint density at radius 2 is 2.22 bits per heavy atom. The zero-order valence-corrected chi connectivity index (χ0v) is 11.4. The second kappa shape index (κ2) is 7.24. The summed E-state index contributed by atoms with van der Waals surface area (Å²) in [4.78, 5) is 11.5. The summed E-state index contributed by atoms with van der Waals surface area (Å²) >= 11 is 6.08. The number of ether oxygens (including phenoxy) is 2. The average molecular weight is 272 g/mol. The SMILES string of the molecule is CCOC(=O)C(C)Oc1cccc(Cl)c1CCN. The van der Waals surface area contributed by atoms with Gasteiger partial charge in [-0.1, -0.05) is 17.7 Å². The number of nitrogens with two attached hydrogens (primary N) is 1. The zero-order chi connectivity index (χ0) is 13.5. The fraction of sp³-hybridized carbons (Fsp3) is 0.462. The Morgan fingerprint density at radius 3 is 2.83 bits per heavy atom. The van der Waals surface area contributed by atoms with Gasteiger partial charge in [0.2, 0.25) is 0 Å². The molecule has 0 heterocycles. The van der Waals surface area contributed by atoms with Crippen LogP contribution in [0.25, 0.3) is 0 Å². The molecule has 18 heavy (non-hydrogen) atoms. The van der Waals surface area contributed by atoms with E-state index in [1.165, 1.54) is 0 Å². The first-order valence-electron chi connectivity index (χ1n) is 5.90. The molecular weight excluding hydrogens is 254 g/mol. The number of carbonyl (C=O) groups is 1. The van der Waals surface area contributed by atoms with Gasteiger partial charge >= 0.3 is 5.97 Å². The molecule has 4 nitrogen and oxygen atoms in total. The van der Waals surface area contributed by atoms with Crippen molar-refractivity contribution < 1.29 is 14.3 Å². The largest absolute Gasteiger partial charge is 0.479 e. The number of rotatable bonds is 6. The first kappa shape index (κ1) is 14.8. The van der Waals surface area contributed by atoms with Crippen LogP contribution in [-0.4, -0.2) is 25.2 Å². The molecule has 100 valence electrons. The number of halogens is 1. The van der Waals surface area contributed by atoms with Crippen molar-refractivity contribution in [1.82, 2.24) is 0 Å². The molecule has 0 spiro atoms. The van der Waals surface area contributed by atoms with E-state index in [0.29, 0.717) is 30.3 Å². The summed E-state index contributed by atoms with van der Waals surface area (Å²) in [7, 11) is 0. The van der Waals surface area contributed by atoms with Crippen LogP contribution in [0.15, 0.2) is 18.2 Å². The number of hydrogen-bond donors (Lipinski definition) is 1. The highest BCUT2D eigenvalue weighted by molar-refractivity contribution is 6.31. The van der Waals surface area contributed by atoms with Gasteiger partial charge in [0, 0.05) is 10.6 Å². The van der Waals surface area contributed by atoms with Crippen molar-refractivity contribution in [2.24, 2.45) is 5.73 Å². The molecule has 0 saturated heterocycles. The van der Waals surface area contributed by atoms with Gasteiger partial charge in [0.15, 0.2) is 6.10 Å². The van der Waals surface area contributed by atoms with Crippen LogP contribution in [0.2, 0.25) is 5.02 Å². The maximum absolute atomic E-state index is 11.5. The first-order chi connectivity index (χ1) is 8.60. The van der Waals surface area contributed by atoms with Crippen molar-refractivity contribution in [2.75, 3.05) is 13.2 Å². The molecule has 1 atom stereocenters. The molecule has 0 amide bonds. The Labute approximate surface area is 112 Å². The minimum atomic E-state index is -0.667. The van der Waals surface area contributed by atoms with Crippen molar-refractivity contribution in [2.45, 2.75) is 26.4 Å². The van der Waals surface area contributed by atoms with E-state index in [4.69, 9.17) is 26.8 Å². The number of esters is 1. The monoisotopic (exact) mass is 271 g/mol. The summed E-state index contributed by atoms with van der Waals surface area (Å²) in [6, 6.07) is 5.32. The van der Waals surface area contributed by atoms with Gasteiger partial charge in [-0.2, -0.15) is 0 Å². The Kier molecular flexibility index (Phi) is 5.95. The molecule has 2 N–H and O–H groups in total. The molecular formula is C13H18ClNO3. The highest BCUT2D eigenvalue weighted by Crippen LogP contribution is 2.27. The lowest BCUT2D eigenvalue weighted by Crippen LogP contribution is -2.26. The molecule has 0 bridgehead atoms. The van der Waals surface area contributed by atoms with Crippen molar-refractivity contribution >= 4 is 17.6 Å². The minimum absolute atomic E-state index is 0.331. The Hall–Kier alpha value is -1.26. The summed E-state index contributed by atoms with van der Waals surface area (Å²) < 4.78 is 10.5. The highest BCUT2D eigenvalue weighted by Gasteiger charge is 2.18. The van der Waals surface area contributed by atoms with E-state index < -0.39 is 12.1 Å². The summed E-state index contributed by atoms with van der Waals surface area (Å²) in [5.74, 6) is 0.185. The maximum Gasteiger partial charge on any atom is 0.347 e. The topological polar surface area (TPSA) is 61.5 Å². The van der Waals surface area contributed by atoms with Gasteiger partial charge in [0.25, 0.3) is 0 Å². The van der Waals surface area contributed by atoms with Gasteiger partial charge in [0.1, 0.15) is 5.75 Å². The summed E-state index contributed by atoms with van der Waals surface area (Å²) in [5, 5.41) is 0.592. The van der Waals surface area contributed by atoms with E-state index in [9.17, 15) is 4.79 Å². The molecule has 0 aliphatic carbocycles. The Balaban J connectivity index is 2.83. The van der Waals surface area contributed by atoms with Gasteiger partial charge in [-0.3, -0.25) is 0 Å². The van der Waals surface area contributed by atoms with E-state index in [2.05, 4.69) is 0 Å². The third-order valence-corrected chi connectivity index (χ3v) is 2.75. The lowest BCUT2D eigenvalue weighted by molar-refractivity contribution is -0.150. The summed E-state index contributed by atoms with van der Waals surface area (Å²) in [5.41, 5.74) is 6.35. The molecule has 0 aliphatic rings. The van der Waals surface area contributed by atoms with Gasteiger partial charge in [-0.05, 0) is 38.9 Å². The standard InChI is InChI=1S/C13H18ClNO3/c1-3-17-13(16)9(2)18-12-6-4-5-11(14)10(12)7-8-15/h4-6,9H,3,7-8,15H2,1-2H3. The van der Waals surface area contributed by atoms with E-state index in [-0.39, 0.29) is 0 Å². The molecule has 1 unspecified atom stereocenters. The average Bonchev–Trinajstić information content (AvgIpc) is 2.34. The zero-order valence-electron chi connectivity index (χ0n) is 10.6. The van der Waals surface area contributed by atoms with Crippen molar-refractivity contribution in [3.05, 3.63) is 28.8 Å². The van der Waals surface area contributed by atoms with Gasteiger partial charge in [-0.25, -0.2) is 4.79 Å². The molecule has 1 rings (SSSR count). The third kappa shape index (κ3) is 3.89. The van der Waals surface area contributed by atoms with Crippen molar-refractivity contribution in [1.29, 1.82) is 0 Å². The molecule has 1 aromatic carbocycles. The highest BCUT2D eigenvalue weighted by atomic mass is 35.5. The van der Waals surface area contributed by atoms with E-state index >= 15 is 0 Å². The normalized spacial score (nSPS) is 12.0. The summed E-state index contributed by atoms with van der Waals surface area (Å²) in [6.07, 6.45) is -0.0650. The van der Waals surface area contributed by atoms with Crippen LogP contribution < -0.4 is 10.5 Å². The molecule has 0 radical (unpaired) electrons. The lowest BCUT2D eigenvalue weighted by Gasteiger charge is -2.16. The van der Waals surface area contributed by atoms with E-state index in [0.717, 1.165) is 5.56 Å². The second-order valence-electron chi connectivity index (χ2n) is 3.77. The summed E-state index contributed by atoms with van der Waals surface area (Å²) in [6.45, 7) is 4.20. The smallest absolute Gasteiger partial charge is 0.347 e. The molecule has 0 saturated carbocycles. The Morgan fingerprint density at radius 1 is 1.50 bits per heavy atom.